The molecule has 0 saturated carbocycles. The van der Waals surface area contributed by atoms with Gasteiger partial charge in [-0.2, -0.15) is 0 Å². The molecule has 4 heteroatoms. The number of halogens is 1. The predicted molar refractivity (Wildman–Crippen MR) is 94.9 cm³/mol. The second-order valence-corrected chi connectivity index (χ2v) is 6.99. The molecule has 0 saturated heterocycles. The van der Waals surface area contributed by atoms with E-state index in [0.29, 0.717) is 6.04 Å². The van der Waals surface area contributed by atoms with Gasteiger partial charge in [0.25, 0.3) is 0 Å². The Morgan fingerprint density at radius 1 is 1.29 bits per heavy atom. The number of hydrogen-bond acceptors (Lipinski definition) is 3. The monoisotopic (exact) mass is 364 g/mol. The average Bonchev–Trinajstić information content (AvgIpc) is 2.51. The Labute approximate surface area is 139 Å². The lowest BCUT2D eigenvalue weighted by atomic mass is 10.1. The van der Waals surface area contributed by atoms with Crippen LogP contribution in [0.2, 0.25) is 0 Å². The molecular weight excluding hydrogens is 344 g/mol. The molecule has 0 aliphatic carbocycles. The fraction of sp³-hybridized carbons (Fsp3) is 0.353. The van der Waals surface area contributed by atoms with Crippen molar-refractivity contribution in [3.8, 4) is 0 Å². The number of aromatic nitrogens is 1. The smallest absolute Gasteiger partial charge is 0.0300 e. The molecule has 112 valence electrons. The summed E-state index contributed by atoms with van der Waals surface area (Å²) in [4.78, 5) is 5.51. The van der Waals surface area contributed by atoms with Crippen LogP contribution in [0.25, 0.3) is 0 Å². The van der Waals surface area contributed by atoms with Crippen molar-refractivity contribution in [3.63, 3.8) is 0 Å². The average molecular weight is 365 g/mol. The van der Waals surface area contributed by atoms with E-state index in [4.69, 9.17) is 0 Å². The van der Waals surface area contributed by atoms with Gasteiger partial charge in [0, 0.05) is 33.6 Å². The molecule has 0 spiro atoms. The number of nitrogens with one attached hydrogen (secondary N) is 1. The van der Waals surface area contributed by atoms with Crippen LogP contribution >= 0.6 is 27.7 Å². The van der Waals surface area contributed by atoms with Crippen molar-refractivity contribution in [2.75, 3.05) is 12.3 Å². The minimum atomic E-state index is 0.470. The molecule has 1 unspecified atom stereocenters. The molecule has 0 bridgehead atoms. The quantitative estimate of drug-likeness (QED) is 0.695. The van der Waals surface area contributed by atoms with Crippen molar-refractivity contribution in [2.24, 2.45) is 0 Å². The van der Waals surface area contributed by atoms with Crippen LogP contribution in [-0.2, 0) is 6.42 Å². The molecule has 2 aromatic rings. The Balaban J connectivity index is 1.92. The zero-order valence-electron chi connectivity index (χ0n) is 12.3. The maximum Gasteiger partial charge on any atom is 0.0300 e. The van der Waals surface area contributed by atoms with Crippen molar-refractivity contribution >= 4 is 27.7 Å². The van der Waals surface area contributed by atoms with Gasteiger partial charge in [-0.1, -0.05) is 35.0 Å². The highest BCUT2D eigenvalue weighted by Gasteiger charge is 2.10. The van der Waals surface area contributed by atoms with Gasteiger partial charge in [0.1, 0.15) is 0 Å². The van der Waals surface area contributed by atoms with Crippen LogP contribution in [0.1, 0.15) is 18.9 Å². The highest BCUT2D eigenvalue weighted by Crippen LogP contribution is 2.23. The van der Waals surface area contributed by atoms with Gasteiger partial charge >= 0.3 is 0 Å². The van der Waals surface area contributed by atoms with Gasteiger partial charge in [-0.15, -0.1) is 11.8 Å². The van der Waals surface area contributed by atoms with Crippen LogP contribution in [0.3, 0.4) is 0 Å². The highest BCUT2D eigenvalue weighted by molar-refractivity contribution is 9.10. The first-order valence-corrected chi connectivity index (χ1v) is 9.06. The summed E-state index contributed by atoms with van der Waals surface area (Å²) in [6.07, 6.45) is 5.97. The Morgan fingerprint density at radius 2 is 2.19 bits per heavy atom. The van der Waals surface area contributed by atoms with Gasteiger partial charge in [-0.3, -0.25) is 4.98 Å². The zero-order valence-corrected chi connectivity index (χ0v) is 14.7. The van der Waals surface area contributed by atoms with Gasteiger partial charge in [0.2, 0.25) is 0 Å². The predicted octanol–water partition coefficient (Wildman–Crippen LogP) is 4.55. The maximum absolute atomic E-state index is 4.21. The summed E-state index contributed by atoms with van der Waals surface area (Å²) < 4.78 is 1.14. The van der Waals surface area contributed by atoms with E-state index < -0.39 is 0 Å². The topological polar surface area (TPSA) is 24.9 Å². The second kappa shape index (κ2) is 9.23. The molecule has 0 aliphatic heterocycles. The first-order valence-electron chi connectivity index (χ1n) is 7.28. The Hall–Kier alpha value is -0.840. The van der Waals surface area contributed by atoms with E-state index >= 15 is 0 Å². The lowest BCUT2D eigenvalue weighted by Crippen LogP contribution is -2.34. The normalized spacial score (nSPS) is 12.3. The molecule has 0 aliphatic rings. The van der Waals surface area contributed by atoms with Crippen molar-refractivity contribution in [1.82, 2.24) is 10.3 Å². The zero-order chi connectivity index (χ0) is 14.9. The van der Waals surface area contributed by atoms with Gasteiger partial charge in [-0.05, 0) is 49.2 Å². The summed E-state index contributed by atoms with van der Waals surface area (Å²) in [7, 11) is 0. The van der Waals surface area contributed by atoms with Crippen LogP contribution in [0.5, 0.6) is 0 Å². The molecule has 1 atom stereocenters. The van der Waals surface area contributed by atoms with E-state index in [0.717, 1.165) is 29.6 Å². The number of nitrogens with zero attached hydrogens (tertiary/aromatic N) is 1. The summed E-state index contributed by atoms with van der Waals surface area (Å²) in [6, 6.07) is 13.1. The van der Waals surface area contributed by atoms with E-state index in [-0.39, 0.29) is 0 Å². The maximum atomic E-state index is 4.21. The lowest BCUT2D eigenvalue weighted by Gasteiger charge is -2.18. The van der Waals surface area contributed by atoms with Gasteiger partial charge in [-0.25, -0.2) is 0 Å². The number of hydrogen-bond donors (Lipinski definition) is 1. The molecule has 0 radical (unpaired) electrons. The third kappa shape index (κ3) is 6.20. The number of rotatable bonds is 8. The Bertz CT molecular complexity index is 533. The van der Waals surface area contributed by atoms with Gasteiger partial charge in [0.15, 0.2) is 0 Å². The molecule has 21 heavy (non-hydrogen) atoms. The fourth-order valence-corrected chi connectivity index (χ4v) is 3.66. The second-order valence-electron chi connectivity index (χ2n) is 4.98. The van der Waals surface area contributed by atoms with E-state index in [1.165, 1.54) is 10.5 Å². The van der Waals surface area contributed by atoms with Gasteiger partial charge in [0.05, 0.1) is 0 Å². The van der Waals surface area contributed by atoms with Gasteiger partial charge < -0.3 is 5.32 Å². The van der Waals surface area contributed by atoms with Crippen molar-refractivity contribution in [2.45, 2.75) is 30.7 Å². The van der Waals surface area contributed by atoms with E-state index in [9.17, 15) is 0 Å². The van der Waals surface area contributed by atoms with Crippen LogP contribution in [0.15, 0.2) is 58.2 Å². The molecule has 2 rings (SSSR count). The Kier molecular flexibility index (Phi) is 7.27. The molecule has 1 heterocycles. The van der Waals surface area contributed by atoms with Crippen molar-refractivity contribution in [3.05, 3.63) is 58.8 Å². The van der Waals surface area contributed by atoms with E-state index in [1.807, 2.05) is 30.2 Å². The van der Waals surface area contributed by atoms with Crippen LogP contribution in [0, 0.1) is 0 Å². The first-order chi connectivity index (χ1) is 10.3. The first kappa shape index (κ1) is 16.5. The number of pyridine rings is 1. The van der Waals surface area contributed by atoms with Crippen LogP contribution in [-0.4, -0.2) is 23.3 Å². The molecule has 0 amide bonds. The SMILES string of the molecule is CCCNC(CSc1cccc(Br)c1)Cc1cccnc1. The summed E-state index contributed by atoms with van der Waals surface area (Å²) in [5, 5.41) is 3.64. The third-order valence-electron chi connectivity index (χ3n) is 3.14. The minimum absolute atomic E-state index is 0.470. The van der Waals surface area contributed by atoms with E-state index in [2.05, 4.69) is 63.5 Å². The van der Waals surface area contributed by atoms with Crippen molar-refractivity contribution in [1.29, 1.82) is 0 Å². The standard InChI is InChI=1S/C17H21BrN2S/c1-2-8-20-16(10-14-5-4-9-19-12-14)13-21-17-7-3-6-15(18)11-17/h3-7,9,11-12,16,20H,2,8,10,13H2,1H3. The summed E-state index contributed by atoms with van der Waals surface area (Å²) >= 11 is 5.43. The molecule has 1 aromatic heterocycles. The van der Waals surface area contributed by atoms with E-state index in [1.54, 1.807) is 0 Å². The number of benzene rings is 1. The molecule has 1 N–H and O–H groups in total. The lowest BCUT2D eigenvalue weighted by molar-refractivity contribution is 0.549. The highest BCUT2D eigenvalue weighted by atomic mass is 79.9. The van der Waals surface area contributed by atoms with Crippen LogP contribution in [0.4, 0.5) is 0 Å². The number of thioether (sulfide) groups is 1. The third-order valence-corrected chi connectivity index (χ3v) is 4.78. The van der Waals surface area contributed by atoms with Crippen molar-refractivity contribution < 1.29 is 0 Å². The molecule has 2 nitrogen and oxygen atoms in total. The van der Waals surface area contributed by atoms with Crippen LogP contribution < -0.4 is 5.32 Å². The minimum Gasteiger partial charge on any atom is -0.313 e. The summed E-state index contributed by atoms with van der Waals surface area (Å²) in [6.45, 7) is 3.26. The fourth-order valence-electron chi connectivity index (χ4n) is 2.10. The largest absolute Gasteiger partial charge is 0.313 e. The molecule has 1 aromatic carbocycles. The summed E-state index contributed by atoms with van der Waals surface area (Å²) in [5.74, 6) is 1.06. The molecular formula is C17H21BrN2S. The molecule has 0 fully saturated rings. The summed E-state index contributed by atoms with van der Waals surface area (Å²) in [5.41, 5.74) is 1.29. The Morgan fingerprint density at radius 3 is 2.90 bits per heavy atom.